The Hall–Kier alpha value is -2.42. The van der Waals surface area contributed by atoms with Gasteiger partial charge in [0, 0.05) is 36.9 Å². The Morgan fingerprint density at radius 2 is 1.64 bits per heavy atom. The molecule has 5 N–H and O–H groups in total. The number of phenolic OH excluding ortho intramolecular Hbond substituents is 1. The molecule has 1 aromatic carbocycles. The summed E-state index contributed by atoms with van der Waals surface area (Å²) in [5.74, 6) is 1.36. The minimum absolute atomic E-state index is 0.0533. The van der Waals surface area contributed by atoms with E-state index in [-0.39, 0.29) is 35.7 Å². The second kappa shape index (κ2) is 13.3. The first kappa shape index (κ1) is 25.2. The van der Waals surface area contributed by atoms with E-state index >= 15 is 0 Å². The molecule has 3 unspecified atom stereocenters. The molecule has 2 aliphatic rings. The molecule has 9 heteroatoms. The summed E-state index contributed by atoms with van der Waals surface area (Å²) in [6.45, 7) is 1.24. The van der Waals surface area contributed by atoms with Gasteiger partial charge in [-0.25, -0.2) is 4.79 Å². The van der Waals surface area contributed by atoms with E-state index in [1.54, 1.807) is 12.1 Å². The quantitative estimate of drug-likeness (QED) is 0.209. The molecule has 2 saturated heterocycles. The number of hydrogen-bond donors (Lipinski definition) is 5. The first-order valence-electron chi connectivity index (χ1n) is 12.0. The topological polar surface area (TPSA) is 120 Å². The lowest BCUT2D eigenvalue weighted by Gasteiger charge is -2.16. The van der Waals surface area contributed by atoms with Crippen LogP contribution in [0.5, 0.6) is 5.75 Å². The van der Waals surface area contributed by atoms with Gasteiger partial charge < -0.3 is 26.4 Å². The molecule has 8 nitrogen and oxygen atoms in total. The average Bonchev–Trinajstić information content (AvgIpc) is 3.34. The van der Waals surface area contributed by atoms with Crippen LogP contribution in [0.1, 0.15) is 56.9 Å². The summed E-state index contributed by atoms with van der Waals surface area (Å²) in [5.41, 5.74) is 1.08. The van der Waals surface area contributed by atoms with E-state index in [2.05, 4.69) is 21.3 Å². The fourth-order valence-electron chi connectivity index (χ4n) is 4.27. The first-order valence-corrected chi connectivity index (χ1v) is 13.1. The maximum atomic E-state index is 12.0. The molecule has 0 aromatic heterocycles. The van der Waals surface area contributed by atoms with Crippen molar-refractivity contribution in [1.82, 2.24) is 21.3 Å². The van der Waals surface area contributed by atoms with Gasteiger partial charge in [0.25, 0.3) is 0 Å². The molecular weight excluding hydrogens is 440 g/mol. The lowest BCUT2D eigenvalue weighted by atomic mass is 10.0. The van der Waals surface area contributed by atoms with Crippen LogP contribution in [0.15, 0.2) is 24.3 Å². The highest BCUT2D eigenvalue weighted by atomic mass is 32.2. The van der Waals surface area contributed by atoms with Crippen molar-refractivity contribution >= 4 is 29.6 Å². The zero-order valence-electron chi connectivity index (χ0n) is 19.1. The van der Waals surface area contributed by atoms with E-state index in [0.717, 1.165) is 56.3 Å². The van der Waals surface area contributed by atoms with Gasteiger partial charge in [-0.3, -0.25) is 9.59 Å². The summed E-state index contributed by atoms with van der Waals surface area (Å²) in [5, 5.41) is 21.6. The average molecular weight is 477 g/mol. The van der Waals surface area contributed by atoms with Crippen molar-refractivity contribution < 1.29 is 19.5 Å². The van der Waals surface area contributed by atoms with Gasteiger partial charge in [0.2, 0.25) is 11.8 Å². The van der Waals surface area contributed by atoms with Gasteiger partial charge in [0.1, 0.15) is 5.75 Å². The van der Waals surface area contributed by atoms with Crippen molar-refractivity contribution in [3.63, 3.8) is 0 Å². The van der Waals surface area contributed by atoms with E-state index in [1.165, 1.54) is 0 Å². The van der Waals surface area contributed by atoms with Crippen molar-refractivity contribution in [3.8, 4) is 5.75 Å². The molecule has 2 fully saturated rings. The maximum absolute atomic E-state index is 12.0. The number of carbonyl (C=O) groups is 3. The lowest BCUT2D eigenvalue weighted by Crippen LogP contribution is -2.36. The lowest BCUT2D eigenvalue weighted by molar-refractivity contribution is -0.122. The Bertz CT molecular complexity index is 789. The minimum atomic E-state index is -0.0547. The van der Waals surface area contributed by atoms with Crippen molar-refractivity contribution in [3.05, 3.63) is 29.8 Å². The molecule has 2 heterocycles. The monoisotopic (exact) mass is 476 g/mol. The Morgan fingerprint density at radius 1 is 0.939 bits per heavy atom. The van der Waals surface area contributed by atoms with Crippen molar-refractivity contribution in [2.75, 3.05) is 18.8 Å². The van der Waals surface area contributed by atoms with Crippen LogP contribution in [0, 0.1) is 0 Å². The normalized spacial score (nSPS) is 21.2. The summed E-state index contributed by atoms with van der Waals surface area (Å²) < 4.78 is 0. The number of urea groups is 1. The third kappa shape index (κ3) is 8.79. The van der Waals surface area contributed by atoms with Gasteiger partial charge >= 0.3 is 6.03 Å². The number of hydrogen-bond acceptors (Lipinski definition) is 5. The van der Waals surface area contributed by atoms with Crippen LogP contribution in [0.25, 0.3) is 0 Å². The molecule has 182 valence electrons. The highest BCUT2D eigenvalue weighted by molar-refractivity contribution is 8.00. The summed E-state index contributed by atoms with van der Waals surface area (Å²) >= 11 is 1.91. The van der Waals surface area contributed by atoms with E-state index in [0.29, 0.717) is 31.2 Å². The number of fused-ring (bicyclic) bond motifs is 1. The Morgan fingerprint density at radius 3 is 2.39 bits per heavy atom. The molecule has 1 aromatic rings. The van der Waals surface area contributed by atoms with E-state index in [4.69, 9.17) is 0 Å². The molecule has 0 bridgehead atoms. The number of amides is 4. The smallest absolute Gasteiger partial charge is 0.315 e. The van der Waals surface area contributed by atoms with Gasteiger partial charge in [0.05, 0.1) is 12.1 Å². The summed E-state index contributed by atoms with van der Waals surface area (Å²) in [6.07, 6.45) is 7.27. The van der Waals surface area contributed by atoms with Crippen LogP contribution in [0.2, 0.25) is 0 Å². The highest BCUT2D eigenvalue weighted by Crippen LogP contribution is 2.33. The van der Waals surface area contributed by atoms with Gasteiger partial charge in [-0.15, -0.1) is 0 Å². The van der Waals surface area contributed by atoms with Crippen LogP contribution < -0.4 is 21.3 Å². The van der Waals surface area contributed by atoms with Crippen LogP contribution in [-0.2, 0) is 16.0 Å². The maximum Gasteiger partial charge on any atom is 0.315 e. The van der Waals surface area contributed by atoms with Crippen LogP contribution in [0.3, 0.4) is 0 Å². The fraction of sp³-hybridized carbons (Fsp3) is 0.625. The molecule has 0 spiro atoms. The number of nitrogens with one attached hydrogen (secondary N) is 4. The van der Waals surface area contributed by atoms with Crippen LogP contribution in [-0.4, -0.2) is 59.1 Å². The zero-order valence-corrected chi connectivity index (χ0v) is 19.9. The van der Waals surface area contributed by atoms with Gasteiger partial charge in [-0.05, 0) is 49.8 Å². The summed E-state index contributed by atoms with van der Waals surface area (Å²) in [4.78, 5) is 35.3. The van der Waals surface area contributed by atoms with E-state index < -0.39 is 0 Å². The van der Waals surface area contributed by atoms with E-state index in [9.17, 15) is 19.5 Å². The molecule has 0 saturated carbocycles. The highest BCUT2D eigenvalue weighted by Gasteiger charge is 2.42. The fourth-order valence-corrected chi connectivity index (χ4v) is 5.82. The minimum Gasteiger partial charge on any atom is -0.508 e. The molecule has 0 aliphatic carbocycles. The SMILES string of the molecule is O=C(CCCCC1SCC2NC(=O)NC21)NCCCCCC(=O)NCCc1ccc(O)cc1. The first-order chi connectivity index (χ1) is 16.0. The third-order valence-electron chi connectivity index (χ3n) is 6.16. The van der Waals surface area contributed by atoms with Crippen LogP contribution >= 0.6 is 11.8 Å². The third-order valence-corrected chi connectivity index (χ3v) is 7.66. The predicted molar refractivity (Wildman–Crippen MR) is 130 cm³/mol. The number of rotatable bonds is 14. The molecule has 33 heavy (non-hydrogen) atoms. The number of phenols is 1. The second-order valence-corrected chi connectivity index (χ2v) is 10.1. The number of benzene rings is 1. The molecule has 3 rings (SSSR count). The molecule has 3 atom stereocenters. The zero-order chi connectivity index (χ0) is 23.5. The summed E-state index contributed by atoms with van der Waals surface area (Å²) in [6, 6.07) is 7.44. The predicted octanol–water partition coefficient (Wildman–Crippen LogP) is 2.45. The number of aromatic hydroxyl groups is 1. The second-order valence-electron chi connectivity index (χ2n) is 8.79. The number of carbonyl (C=O) groups excluding carboxylic acids is 3. The molecular formula is C24H36N4O4S. The Balaban J connectivity index is 1.11. The Kier molecular flexibility index (Phi) is 10.2. The van der Waals surface area contributed by atoms with E-state index in [1.807, 2.05) is 23.9 Å². The standard InChI is InChI=1S/C24H36N4O4S/c29-18-11-9-17(10-12-18)13-15-26-22(31)7-2-1-5-14-25-21(30)8-4-3-6-20-23-19(16-33-20)27-24(32)28-23/h9-12,19-20,23,29H,1-8,13-16H2,(H,25,30)(H,26,31)(H2,27,28,32). The Labute approximate surface area is 200 Å². The molecule has 2 aliphatic heterocycles. The molecule has 0 radical (unpaired) electrons. The van der Waals surface area contributed by atoms with Crippen molar-refractivity contribution in [1.29, 1.82) is 0 Å². The number of thioether (sulfide) groups is 1. The van der Waals surface area contributed by atoms with Gasteiger partial charge in [0.15, 0.2) is 0 Å². The molecule has 4 amide bonds. The van der Waals surface area contributed by atoms with Crippen molar-refractivity contribution in [2.24, 2.45) is 0 Å². The van der Waals surface area contributed by atoms with Crippen LogP contribution in [0.4, 0.5) is 4.79 Å². The van der Waals surface area contributed by atoms with Crippen molar-refractivity contribution in [2.45, 2.75) is 75.1 Å². The number of unbranched alkanes of at least 4 members (excludes halogenated alkanes) is 3. The largest absolute Gasteiger partial charge is 0.508 e. The summed E-state index contributed by atoms with van der Waals surface area (Å²) in [7, 11) is 0. The van der Waals surface area contributed by atoms with Gasteiger partial charge in [-0.2, -0.15) is 11.8 Å². The van der Waals surface area contributed by atoms with Gasteiger partial charge in [-0.1, -0.05) is 25.0 Å².